The standard InChI is InChI=1S/C25H29N5O2/c1-17-4-5-18(23(31)27-25(2)8-9-25)14-22(17)30-16-26-21-7-6-19(15-20(21)24(30)32)29-12-10-28(3)11-13-29/h4-7,14-16H,8-13H2,1-3H3,(H,27,31). The number of aryl methyl sites for hydroxylation is 1. The van der Waals surface area contributed by atoms with Gasteiger partial charge in [0.05, 0.1) is 16.6 Å². The van der Waals surface area contributed by atoms with E-state index in [2.05, 4.69) is 34.1 Å². The van der Waals surface area contributed by atoms with Crippen molar-refractivity contribution < 1.29 is 4.79 Å². The van der Waals surface area contributed by atoms with Crippen molar-refractivity contribution in [2.75, 3.05) is 38.1 Å². The molecule has 2 fully saturated rings. The highest BCUT2D eigenvalue weighted by molar-refractivity contribution is 5.95. The zero-order chi connectivity index (χ0) is 22.5. The van der Waals surface area contributed by atoms with Crippen molar-refractivity contribution in [2.45, 2.75) is 32.2 Å². The molecule has 1 saturated carbocycles. The van der Waals surface area contributed by atoms with E-state index in [4.69, 9.17) is 0 Å². The highest BCUT2D eigenvalue weighted by atomic mass is 16.2. The van der Waals surface area contributed by atoms with Gasteiger partial charge in [-0.25, -0.2) is 4.98 Å². The topological polar surface area (TPSA) is 70.5 Å². The van der Waals surface area contributed by atoms with E-state index >= 15 is 0 Å². The van der Waals surface area contributed by atoms with Gasteiger partial charge in [-0.15, -0.1) is 0 Å². The zero-order valence-electron chi connectivity index (χ0n) is 18.9. The predicted molar refractivity (Wildman–Crippen MR) is 127 cm³/mol. The quantitative estimate of drug-likeness (QED) is 0.688. The number of piperazine rings is 1. The maximum atomic E-state index is 13.5. The highest BCUT2D eigenvalue weighted by Crippen LogP contribution is 2.34. The summed E-state index contributed by atoms with van der Waals surface area (Å²) in [6.07, 6.45) is 3.56. The third-order valence-electron chi connectivity index (χ3n) is 6.76. The van der Waals surface area contributed by atoms with Gasteiger partial charge in [-0.1, -0.05) is 6.07 Å². The number of anilines is 1. The molecule has 32 heavy (non-hydrogen) atoms. The van der Waals surface area contributed by atoms with Gasteiger partial charge in [0.25, 0.3) is 11.5 Å². The van der Waals surface area contributed by atoms with Crippen LogP contribution in [0.4, 0.5) is 5.69 Å². The molecule has 166 valence electrons. The molecule has 0 bridgehead atoms. The Morgan fingerprint density at radius 2 is 1.81 bits per heavy atom. The lowest BCUT2D eigenvalue weighted by molar-refractivity contribution is 0.0935. The molecule has 7 heteroatoms. The van der Waals surface area contributed by atoms with Crippen molar-refractivity contribution in [3.8, 4) is 5.69 Å². The third-order valence-corrected chi connectivity index (χ3v) is 6.76. The molecule has 0 atom stereocenters. The number of rotatable bonds is 4. The van der Waals surface area contributed by atoms with E-state index in [9.17, 15) is 9.59 Å². The molecule has 1 saturated heterocycles. The molecular formula is C25H29N5O2. The monoisotopic (exact) mass is 431 g/mol. The SMILES string of the molecule is Cc1ccc(C(=O)NC2(C)CC2)cc1-n1cnc2ccc(N3CCN(C)CC3)cc2c1=O. The van der Waals surface area contributed by atoms with E-state index in [0.29, 0.717) is 22.2 Å². The van der Waals surface area contributed by atoms with Crippen molar-refractivity contribution in [2.24, 2.45) is 0 Å². The second-order valence-corrected chi connectivity index (χ2v) is 9.43. The minimum Gasteiger partial charge on any atom is -0.369 e. The number of carbonyl (C=O) groups is 1. The molecule has 2 aliphatic rings. The van der Waals surface area contributed by atoms with Gasteiger partial charge in [0.2, 0.25) is 0 Å². The maximum Gasteiger partial charge on any atom is 0.265 e. The second-order valence-electron chi connectivity index (χ2n) is 9.43. The molecule has 1 aromatic heterocycles. The number of carbonyl (C=O) groups excluding carboxylic acids is 1. The summed E-state index contributed by atoms with van der Waals surface area (Å²) in [5, 5.41) is 3.67. The first-order valence-corrected chi connectivity index (χ1v) is 11.2. The predicted octanol–water partition coefficient (Wildman–Crippen LogP) is 2.73. The van der Waals surface area contributed by atoms with Crippen molar-refractivity contribution >= 4 is 22.5 Å². The number of hydrogen-bond donors (Lipinski definition) is 1. The number of nitrogens with zero attached hydrogens (tertiary/aromatic N) is 4. The summed E-state index contributed by atoms with van der Waals surface area (Å²) in [4.78, 5) is 35.4. The van der Waals surface area contributed by atoms with E-state index in [-0.39, 0.29) is 17.0 Å². The van der Waals surface area contributed by atoms with Crippen LogP contribution in [0.25, 0.3) is 16.6 Å². The average Bonchev–Trinajstić information content (AvgIpc) is 3.51. The number of nitrogens with one attached hydrogen (secondary N) is 1. The van der Waals surface area contributed by atoms with Crippen LogP contribution in [0.15, 0.2) is 47.5 Å². The Balaban J connectivity index is 1.52. The lowest BCUT2D eigenvalue weighted by atomic mass is 10.1. The summed E-state index contributed by atoms with van der Waals surface area (Å²) in [7, 11) is 2.13. The summed E-state index contributed by atoms with van der Waals surface area (Å²) in [5.41, 5.74) is 3.66. The molecule has 2 aromatic carbocycles. The first-order valence-electron chi connectivity index (χ1n) is 11.2. The molecular weight excluding hydrogens is 402 g/mol. The van der Waals surface area contributed by atoms with Crippen LogP contribution >= 0.6 is 0 Å². The Kier molecular flexibility index (Phi) is 5.01. The van der Waals surface area contributed by atoms with Crippen molar-refractivity contribution in [1.29, 1.82) is 0 Å². The van der Waals surface area contributed by atoms with Crippen molar-refractivity contribution in [3.63, 3.8) is 0 Å². The van der Waals surface area contributed by atoms with Crippen LogP contribution in [0.1, 0.15) is 35.7 Å². The number of likely N-dealkylation sites (N-methyl/N-ethyl adjacent to an activating group) is 1. The zero-order valence-corrected chi connectivity index (χ0v) is 18.9. The highest BCUT2D eigenvalue weighted by Gasteiger charge is 2.38. The van der Waals surface area contributed by atoms with Crippen LogP contribution in [0.2, 0.25) is 0 Å². The summed E-state index contributed by atoms with van der Waals surface area (Å²) in [6.45, 7) is 7.87. The molecule has 1 N–H and O–H groups in total. The van der Waals surface area contributed by atoms with Gasteiger partial charge in [0.1, 0.15) is 6.33 Å². The van der Waals surface area contributed by atoms with Crippen molar-refractivity contribution in [3.05, 3.63) is 64.2 Å². The summed E-state index contributed by atoms with van der Waals surface area (Å²) >= 11 is 0. The Labute approximate surface area is 187 Å². The second kappa shape index (κ2) is 7.74. The van der Waals surface area contributed by atoms with Gasteiger partial charge >= 0.3 is 0 Å². The fourth-order valence-corrected chi connectivity index (χ4v) is 4.21. The van der Waals surface area contributed by atoms with Crippen molar-refractivity contribution in [1.82, 2.24) is 19.8 Å². The normalized spacial score (nSPS) is 18.0. The molecule has 0 unspecified atom stereocenters. The summed E-state index contributed by atoms with van der Waals surface area (Å²) in [5.74, 6) is -0.106. The lowest BCUT2D eigenvalue weighted by Gasteiger charge is -2.34. The fraction of sp³-hybridized carbons (Fsp3) is 0.400. The Morgan fingerprint density at radius 3 is 2.53 bits per heavy atom. The third kappa shape index (κ3) is 3.88. The van der Waals surface area contributed by atoms with E-state index in [1.54, 1.807) is 17.0 Å². The molecule has 1 aliphatic heterocycles. The summed E-state index contributed by atoms with van der Waals surface area (Å²) < 4.78 is 1.56. The van der Waals surface area contributed by atoms with Gasteiger partial charge in [0.15, 0.2) is 0 Å². The Bertz CT molecular complexity index is 1250. The van der Waals surface area contributed by atoms with E-state index < -0.39 is 0 Å². The number of aromatic nitrogens is 2. The van der Waals surface area contributed by atoms with Gasteiger partial charge in [-0.2, -0.15) is 0 Å². The molecule has 7 nitrogen and oxygen atoms in total. The molecule has 5 rings (SSSR count). The number of hydrogen-bond acceptors (Lipinski definition) is 5. The number of amides is 1. The first kappa shape index (κ1) is 20.7. The van der Waals surface area contributed by atoms with E-state index in [0.717, 1.165) is 50.3 Å². The van der Waals surface area contributed by atoms with E-state index in [1.165, 1.54) is 0 Å². The molecule has 0 spiro atoms. The largest absolute Gasteiger partial charge is 0.369 e. The first-order chi connectivity index (χ1) is 15.3. The smallest absolute Gasteiger partial charge is 0.265 e. The number of fused-ring (bicyclic) bond motifs is 1. The maximum absolute atomic E-state index is 13.5. The van der Waals surface area contributed by atoms with Crippen LogP contribution in [0.3, 0.4) is 0 Å². The molecule has 0 radical (unpaired) electrons. The molecule has 1 aliphatic carbocycles. The Hall–Kier alpha value is -3.19. The van der Waals surface area contributed by atoms with Crippen LogP contribution in [-0.2, 0) is 0 Å². The Morgan fingerprint density at radius 1 is 1.06 bits per heavy atom. The van der Waals surface area contributed by atoms with E-state index in [1.807, 2.05) is 37.3 Å². The summed E-state index contributed by atoms with van der Waals surface area (Å²) in [6, 6.07) is 11.4. The molecule has 1 amide bonds. The molecule has 2 heterocycles. The molecule has 3 aromatic rings. The minimum absolute atomic E-state index is 0.0941. The van der Waals surface area contributed by atoms with Crippen LogP contribution < -0.4 is 15.8 Å². The average molecular weight is 432 g/mol. The van der Waals surface area contributed by atoms with Gasteiger partial charge in [-0.3, -0.25) is 14.2 Å². The van der Waals surface area contributed by atoms with Gasteiger partial charge in [-0.05, 0) is 69.6 Å². The van der Waals surface area contributed by atoms with Gasteiger partial charge < -0.3 is 15.1 Å². The number of benzene rings is 2. The van der Waals surface area contributed by atoms with Gasteiger partial charge in [0, 0.05) is 43.0 Å². The van der Waals surface area contributed by atoms with Crippen LogP contribution in [0, 0.1) is 6.92 Å². The lowest BCUT2D eigenvalue weighted by Crippen LogP contribution is -2.44. The minimum atomic E-state index is -0.124. The van der Waals surface area contributed by atoms with Crippen LogP contribution in [-0.4, -0.2) is 59.1 Å². The fourth-order valence-electron chi connectivity index (χ4n) is 4.21. The van der Waals surface area contributed by atoms with Crippen LogP contribution in [0.5, 0.6) is 0 Å².